The number of nitrogens with zero attached hydrogens (tertiary/aromatic N) is 1. The molecule has 0 fully saturated rings. The third-order valence-electron chi connectivity index (χ3n) is 3.63. The minimum Gasteiger partial charge on any atom is -0.489 e. The van der Waals surface area contributed by atoms with Gasteiger partial charge in [-0.25, -0.2) is 4.99 Å². The smallest absolute Gasteiger partial charge is 0.191 e. The summed E-state index contributed by atoms with van der Waals surface area (Å²) in [4.78, 5) is 4.44. The maximum absolute atomic E-state index is 10.5. The van der Waals surface area contributed by atoms with E-state index in [9.17, 15) is 5.11 Å². The van der Waals surface area contributed by atoms with Gasteiger partial charge in [0, 0.05) is 11.6 Å². The summed E-state index contributed by atoms with van der Waals surface area (Å²) >= 11 is 5.97. The SMILES string of the molecule is CCNC(=NCC(C)(O)c1ccco1)NCC(C)Oc1cccc(Cl)c1.I. The van der Waals surface area contributed by atoms with Gasteiger partial charge in [0.15, 0.2) is 5.96 Å². The summed E-state index contributed by atoms with van der Waals surface area (Å²) in [7, 11) is 0. The van der Waals surface area contributed by atoms with Gasteiger partial charge in [-0.2, -0.15) is 0 Å². The summed E-state index contributed by atoms with van der Waals surface area (Å²) in [6.07, 6.45) is 1.44. The zero-order chi connectivity index (χ0) is 19.0. The molecule has 0 bridgehead atoms. The Balaban J connectivity index is 0.00000364. The van der Waals surface area contributed by atoms with Crippen LogP contribution in [0.15, 0.2) is 52.1 Å². The van der Waals surface area contributed by atoms with Gasteiger partial charge in [0.1, 0.15) is 23.2 Å². The van der Waals surface area contributed by atoms with Crippen LogP contribution in [0.2, 0.25) is 5.02 Å². The van der Waals surface area contributed by atoms with Gasteiger partial charge >= 0.3 is 0 Å². The molecule has 1 aromatic heterocycles. The molecule has 0 radical (unpaired) electrons. The summed E-state index contributed by atoms with van der Waals surface area (Å²) in [5, 5.41) is 17.5. The third kappa shape index (κ3) is 7.98. The second-order valence-corrected chi connectivity index (χ2v) is 6.65. The zero-order valence-electron chi connectivity index (χ0n) is 15.7. The predicted molar refractivity (Wildman–Crippen MR) is 119 cm³/mol. The van der Waals surface area contributed by atoms with Crippen molar-refractivity contribution in [3.05, 3.63) is 53.4 Å². The lowest BCUT2D eigenvalue weighted by molar-refractivity contribution is 0.0437. The number of furan rings is 1. The molecule has 150 valence electrons. The summed E-state index contributed by atoms with van der Waals surface area (Å²) in [5.41, 5.74) is -1.17. The summed E-state index contributed by atoms with van der Waals surface area (Å²) in [6, 6.07) is 10.8. The number of rotatable bonds is 8. The highest BCUT2D eigenvalue weighted by atomic mass is 127. The van der Waals surface area contributed by atoms with E-state index in [-0.39, 0.29) is 36.6 Å². The number of halogens is 2. The Kier molecular flexibility index (Phi) is 9.97. The van der Waals surface area contributed by atoms with Crippen LogP contribution < -0.4 is 15.4 Å². The molecule has 2 aromatic rings. The number of aliphatic hydroxyl groups is 1. The van der Waals surface area contributed by atoms with Crippen LogP contribution in [-0.2, 0) is 5.60 Å². The maximum Gasteiger partial charge on any atom is 0.191 e. The first-order valence-corrected chi connectivity index (χ1v) is 8.99. The monoisotopic (exact) mass is 507 g/mol. The second-order valence-electron chi connectivity index (χ2n) is 6.21. The van der Waals surface area contributed by atoms with Crippen molar-refractivity contribution in [2.45, 2.75) is 32.5 Å². The molecule has 1 heterocycles. The fraction of sp³-hybridized carbons (Fsp3) is 0.421. The van der Waals surface area contributed by atoms with Gasteiger partial charge in [-0.3, -0.25) is 0 Å². The molecule has 0 saturated carbocycles. The van der Waals surface area contributed by atoms with Crippen molar-refractivity contribution in [3.63, 3.8) is 0 Å². The lowest BCUT2D eigenvalue weighted by Crippen LogP contribution is -2.42. The van der Waals surface area contributed by atoms with Gasteiger partial charge in [0.05, 0.1) is 19.4 Å². The first kappa shape index (κ1) is 23.6. The molecular formula is C19H27ClIN3O3. The van der Waals surface area contributed by atoms with Crippen LogP contribution in [0.5, 0.6) is 5.75 Å². The van der Waals surface area contributed by atoms with Crippen LogP contribution in [0, 0.1) is 0 Å². The van der Waals surface area contributed by atoms with Crippen molar-refractivity contribution in [1.82, 2.24) is 10.6 Å². The summed E-state index contributed by atoms with van der Waals surface area (Å²) in [6.45, 7) is 7.02. The van der Waals surface area contributed by atoms with Crippen LogP contribution in [0.4, 0.5) is 0 Å². The van der Waals surface area contributed by atoms with Gasteiger partial charge in [-0.05, 0) is 51.1 Å². The molecule has 0 amide bonds. The van der Waals surface area contributed by atoms with Crippen molar-refractivity contribution in [2.24, 2.45) is 4.99 Å². The normalized spacial score (nSPS) is 14.6. The van der Waals surface area contributed by atoms with Crippen LogP contribution in [0.3, 0.4) is 0 Å². The first-order valence-electron chi connectivity index (χ1n) is 8.61. The number of hydrogen-bond donors (Lipinski definition) is 3. The number of hydrogen-bond acceptors (Lipinski definition) is 4. The van der Waals surface area contributed by atoms with Gasteiger partial charge in [0.25, 0.3) is 0 Å². The summed E-state index contributed by atoms with van der Waals surface area (Å²) < 4.78 is 11.1. The molecule has 2 unspecified atom stereocenters. The molecule has 3 N–H and O–H groups in total. The molecule has 2 rings (SSSR count). The van der Waals surface area contributed by atoms with E-state index in [0.29, 0.717) is 29.8 Å². The van der Waals surface area contributed by atoms with Crippen LogP contribution in [-0.4, -0.2) is 36.8 Å². The topological polar surface area (TPSA) is 79.0 Å². The fourth-order valence-electron chi connectivity index (χ4n) is 2.29. The molecule has 0 saturated heterocycles. The largest absolute Gasteiger partial charge is 0.489 e. The van der Waals surface area contributed by atoms with Crippen molar-refractivity contribution >= 4 is 41.5 Å². The fourth-order valence-corrected chi connectivity index (χ4v) is 2.47. The molecule has 6 nitrogen and oxygen atoms in total. The molecule has 0 spiro atoms. The van der Waals surface area contributed by atoms with Gasteiger partial charge < -0.3 is 24.9 Å². The van der Waals surface area contributed by atoms with E-state index >= 15 is 0 Å². The Bertz CT molecular complexity index is 708. The van der Waals surface area contributed by atoms with E-state index in [1.54, 1.807) is 31.2 Å². The standard InChI is InChI=1S/C19H26ClN3O3.HI/c1-4-21-18(23-13-19(3,24)17-9-6-10-25-17)22-12-14(2)26-16-8-5-7-15(20)11-16;/h5-11,14,24H,4,12-13H2,1-3H3,(H2,21,22,23);1H. The van der Waals surface area contributed by atoms with Crippen molar-refractivity contribution in [1.29, 1.82) is 0 Å². The predicted octanol–water partition coefficient (Wildman–Crippen LogP) is 3.78. The highest BCUT2D eigenvalue weighted by Gasteiger charge is 2.26. The Morgan fingerprint density at radius 3 is 2.74 bits per heavy atom. The number of guanidine groups is 1. The Morgan fingerprint density at radius 2 is 2.11 bits per heavy atom. The molecule has 0 aliphatic rings. The molecule has 0 aliphatic heterocycles. The van der Waals surface area contributed by atoms with Gasteiger partial charge in [-0.1, -0.05) is 17.7 Å². The minimum absolute atomic E-state index is 0. The van der Waals surface area contributed by atoms with E-state index in [1.807, 2.05) is 26.0 Å². The highest BCUT2D eigenvalue weighted by molar-refractivity contribution is 14.0. The van der Waals surface area contributed by atoms with Crippen molar-refractivity contribution in [3.8, 4) is 5.75 Å². The van der Waals surface area contributed by atoms with Crippen molar-refractivity contribution < 1.29 is 14.3 Å². The number of benzene rings is 1. The van der Waals surface area contributed by atoms with E-state index in [4.69, 9.17) is 20.8 Å². The van der Waals surface area contributed by atoms with Crippen molar-refractivity contribution in [2.75, 3.05) is 19.6 Å². The first-order chi connectivity index (χ1) is 12.4. The summed E-state index contributed by atoms with van der Waals surface area (Å²) in [5.74, 6) is 1.80. The van der Waals surface area contributed by atoms with E-state index in [2.05, 4.69) is 15.6 Å². The maximum atomic E-state index is 10.5. The minimum atomic E-state index is -1.17. The third-order valence-corrected chi connectivity index (χ3v) is 3.87. The lowest BCUT2D eigenvalue weighted by atomic mass is 10.0. The molecule has 0 aliphatic carbocycles. The lowest BCUT2D eigenvalue weighted by Gasteiger charge is -2.21. The molecule has 8 heteroatoms. The van der Waals surface area contributed by atoms with Gasteiger partial charge in [0.2, 0.25) is 0 Å². The highest BCUT2D eigenvalue weighted by Crippen LogP contribution is 2.21. The van der Waals surface area contributed by atoms with Crippen LogP contribution in [0.25, 0.3) is 0 Å². The molecular weight excluding hydrogens is 481 g/mol. The Morgan fingerprint density at radius 1 is 1.33 bits per heavy atom. The zero-order valence-corrected chi connectivity index (χ0v) is 18.8. The molecule has 27 heavy (non-hydrogen) atoms. The van der Waals surface area contributed by atoms with E-state index in [1.165, 1.54) is 6.26 Å². The molecule has 1 aromatic carbocycles. The Hall–Kier alpha value is -1.45. The quantitative estimate of drug-likeness (QED) is 0.288. The Labute approximate surface area is 182 Å². The molecule has 2 atom stereocenters. The van der Waals surface area contributed by atoms with E-state index < -0.39 is 5.60 Å². The van der Waals surface area contributed by atoms with Crippen LogP contribution in [0.1, 0.15) is 26.5 Å². The van der Waals surface area contributed by atoms with Crippen LogP contribution >= 0.6 is 35.6 Å². The second kappa shape index (κ2) is 11.4. The number of nitrogens with one attached hydrogen (secondary N) is 2. The number of ether oxygens (including phenoxy) is 1. The average Bonchev–Trinajstić information content (AvgIpc) is 3.13. The van der Waals surface area contributed by atoms with E-state index in [0.717, 1.165) is 5.75 Å². The number of aliphatic imine (C=N–C) groups is 1. The van der Waals surface area contributed by atoms with Gasteiger partial charge in [-0.15, -0.1) is 24.0 Å². The average molecular weight is 508 g/mol.